The van der Waals surface area contributed by atoms with Gasteiger partial charge in [0.05, 0.1) is 21.2 Å². The Labute approximate surface area is 231 Å². The van der Waals surface area contributed by atoms with Gasteiger partial charge in [0.25, 0.3) is 0 Å². The summed E-state index contributed by atoms with van der Waals surface area (Å²) in [5.74, 6) is 1.54. The van der Waals surface area contributed by atoms with Crippen molar-refractivity contribution in [3.05, 3.63) is 64.2 Å². The number of aromatic nitrogens is 2. The molecule has 2 fully saturated rings. The number of allylic oxidation sites excluding steroid dienone is 2. The first-order chi connectivity index (χ1) is 17.3. The van der Waals surface area contributed by atoms with Crippen LogP contribution in [0.15, 0.2) is 42.6 Å². The van der Waals surface area contributed by atoms with Gasteiger partial charge in [-0.05, 0) is 57.1 Å². The molecular formula is C27H38CuN4O4S. The van der Waals surface area contributed by atoms with Crippen LogP contribution >= 0.6 is 0 Å². The fourth-order valence-corrected chi connectivity index (χ4v) is 7.10. The average molecular weight is 578 g/mol. The van der Waals surface area contributed by atoms with Gasteiger partial charge in [-0.1, -0.05) is 44.4 Å². The minimum atomic E-state index is -3.47. The number of hydrogen-bond donors (Lipinski definition) is 2. The van der Waals surface area contributed by atoms with Crippen LogP contribution in [0.5, 0.6) is 0 Å². The number of rotatable bonds is 5. The van der Waals surface area contributed by atoms with Crippen molar-refractivity contribution < 1.29 is 35.7 Å². The number of aliphatic hydroxyl groups is 2. The summed E-state index contributed by atoms with van der Waals surface area (Å²) in [6.45, 7) is 4.15. The van der Waals surface area contributed by atoms with Crippen LogP contribution in [0.4, 0.5) is 0 Å². The predicted molar refractivity (Wildman–Crippen MR) is 143 cm³/mol. The molecule has 2 atom stereocenters. The molecule has 37 heavy (non-hydrogen) atoms. The van der Waals surface area contributed by atoms with E-state index < -0.39 is 16.3 Å². The van der Waals surface area contributed by atoms with E-state index in [4.69, 9.17) is 15.2 Å². The Morgan fingerprint density at radius 3 is 2.49 bits per heavy atom. The zero-order valence-electron chi connectivity index (χ0n) is 21.5. The van der Waals surface area contributed by atoms with E-state index in [9.17, 15) is 8.42 Å². The molecule has 0 spiro atoms. The van der Waals surface area contributed by atoms with E-state index >= 15 is 0 Å². The second-order valence-electron chi connectivity index (χ2n) is 10.2. The van der Waals surface area contributed by atoms with Crippen LogP contribution in [0.1, 0.15) is 82.7 Å². The zero-order chi connectivity index (χ0) is 25.7. The van der Waals surface area contributed by atoms with Crippen LogP contribution in [-0.4, -0.2) is 52.1 Å². The Morgan fingerprint density at radius 1 is 1.11 bits per heavy atom. The SMILES string of the molecule is CC(O)O.CC1CCC(S(=O)(=O)[N-]C2CCCCC2c2nc(C3=CC=CC[N-]3)c3ccccn23)CC1.[Cu+2]. The molecule has 0 aromatic carbocycles. The van der Waals surface area contributed by atoms with Gasteiger partial charge in [0, 0.05) is 17.4 Å². The quantitative estimate of drug-likeness (QED) is 0.372. The van der Waals surface area contributed by atoms with Crippen LogP contribution in [0.25, 0.3) is 21.3 Å². The molecule has 1 radical (unpaired) electrons. The molecule has 0 amide bonds. The number of fused-ring (bicyclic) bond motifs is 1. The Balaban J connectivity index is 0.000000711. The third-order valence-corrected chi connectivity index (χ3v) is 9.18. The summed E-state index contributed by atoms with van der Waals surface area (Å²) in [5, 5.41) is 19.5. The van der Waals surface area contributed by atoms with Crippen LogP contribution in [-0.2, 0) is 27.1 Å². The molecule has 1 aliphatic heterocycles. The summed E-state index contributed by atoms with van der Waals surface area (Å²) in [7, 11) is -3.47. The van der Waals surface area contributed by atoms with Crippen molar-refractivity contribution in [2.45, 2.75) is 88.7 Å². The number of hydrogen-bond acceptors (Lipinski definition) is 5. The number of sulfonamides is 1. The van der Waals surface area contributed by atoms with Crippen molar-refractivity contribution in [2.75, 3.05) is 6.54 Å². The molecule has 5 rings (SSSR count). The average Bonchev–Trinajstić information content (AvgIpc) is 3.24. The monoisotopic (exact) mass is 577 g/mol. The number of pyridine rings is 1. The third-order valence-electron chi connectivity index (χ3n) is 7.30. The predicted octanol–water partition coefficient (Wildman–Crippen LogP) is 5.24. The van der Waals surface area contributed by atoms with Crippen molar-refractivity contribution in [3.8, 4) is 0 Å². The Bertz CT molecular complexity index is 1180. The number of aliphatic hydroxyl groups excluding tert-OH is 1. The summed E-state index contributed by atoms with van der Waals surface area (Å²) < 4.78 is 33.2. The van der Waals surface area contributed by atoms with Gasteiger partial charge in [0.15, 0.2) is 0 Å². The maximum absolute atomic E-state index is 13.2. The first-order valence-corrected chi connectivity index (χ1v) is 14.6. The topological polar surface area (TPSA) is 120 Å². The second-order valence-corrected chi connectivity index (χ2v) is 12.1. The second kappa shape index (κ2) is 13.4. The number of nitrogens with zero attached hydrogens (tertiary/aromatic N) is 4. The van der Waals surface area contributed by atoms with E-state index in [1.807, 2.05) is 36.6 Å². The van der Waals surface area contributed by atoms with Crippen LogP contribution in [0.2, 0.25) is 0 Å². The van der Waals surface area contributed by atoms with Crippen molar-refractivity contribution in [3.63, 3.8) is 0 Å². The molecule has 3 heterocycles. The van der Waals surface area contributed by atoms with E-state index in [0.717, 1.165) is 74.1 Å². The van der Waals surface area contributed by atoms with Gasteiger partial charge < -0.3 is 24.7 Å². The summed E-state index contributed by atoms with van der Waals surface area (Å²) in [4.78, 5) is 5.05. The Morgan fingerprint density at radius 2 is 1.81 bits per heavy atom. The molecule has 2 saturated carbocycles. The molecule has 8 nitrogen and oxygen atoms in total. The van der Waals surface area contributed by atoms with Gasteiger partial charge in [-0.15, -0.1) is 24.4 Å². The molecular weight excluding hydrogens is 540 g/mol. The summed E-state index contributed by atoms with van der Waals surface area (Å²) >= 11 is 0. The molecule has 2 aromatic rings. The zero-order valence-corrected chi connectivity index (χ0v) is 23.3. The minimum absolute atomic E-state index is 0. The Hall–Kier alpha value is -1.68. The fourth-order valence-electron chi connectivity index (χ4n) is 5.43. The first kappa shape index (κ1) is 29.9. The van der Waals surface area contributed by atoms with Crippen molar-refractivity contribution in [2.24, 2.45) is 5.92 Å². The van der Waals surface area contributed by atoms with Gasteiger partial charge in [-0.3, -0.25) is 0 Å². The number of imidazole rings is 1. The fraction of sp³-hybridized carbons (Fsp3) is 0.593. The van der Waals surface area contributed by atoms with Gasteiger partial charge >= 0.3 is 17.1 Å². The van der Waals surface area contributed by atoms with Crippen molar-refractivity contribution in [1.82, 2.24) is 9.38 Å². The first-order valence-electron chi connectivity index (χ1n) is 13.1. The van der Waals surface area contributed by atoms with Gasteiger partial charge in [0.2, 0.25) is 0 Å². The van der Waals surface area contributed by atoms with Crippen LogP contribution in [0, 0.1) is 5.92 Å². The van der Waals surface area contributed by atoms with E-state index in [0.29, 0.717) is 12.5 Å². The maximum atomic E-state index is 13.2. The van der Waals surface area contributed by atoms with Crippen molar-refractivity contribution >= 4 is 21.2 Å². The molecule has 2 N–H and O–H groups in total. The standard InChI is InChI=1S/C25H32N4O2S.C2H6O2.Cu/c1-18-12-14-19(15-13-18)32(30,31)28-21-9-3-2-8-20(21)25-27-24(22-10-4-6-16-26-22)23-11-5-7-17-29(23)25;1-2(3)4;/h4-7,10-11,17-21H,2-3,8-9,12-16H2,1H3;2-4H,1H3;/q-2;;+2. The van der Waals surface area contributed by atoms with E-state index in [1.54, 1.807) is 0 Å². The molecule has 207 valence electrons. The molecule has 0 bridgehead atoms. The largest absolute Gasteiger partial charge is 2.00 e. The normalized spacial score (nSPS) is 26.0. The van der Waals surface area contributed by atoms with Gasteiger partial charge in [0.1, 0.15) is 12.1 Å². The maximum Gasteiger partial charge on any atom is 2.00 e. The van der Waals surface area contributed by atoms with E-state index in [-0.39, 0.29) is 34.3 Å². The molecule has 0 saturated heterocycles. The smallest absolute Gasteiger partial charge is 0.679 e. The summed E-state index contributed by atoms with van der Waals surface area (Å²) in [5.41, 5.74) is 2.77. The third kappa shape index (κ3) is 7.46. The van der Waals surface area contributed by atoms with Gasteiger partial charge in [-0.25, -0.2) is 13.4 Å². The summed E-state index contributed by atoms with van der Waals surface area (Å²) in [6, 6.07) is 5.85. The summed E-state index contributed by atoms with van der Waals surface area (Å²) in [6.07, 6.45) is 14.2. The van der Waals surface area contributed by atoms with Crippen LogP contribution < -0.4 is 0 Å². The molecule has 2 unspecified atom stereocenters. The van der Waals surface area contributed by atoms with Gasteiger partial charge in [-0.2, -0.15) is 0 Å². The van der Waals surface area contributed by atoms with Crippen molar-refractivity contribution in [1.29, 1.82) is 0 Å². The Kier molecular flexibility index (Phi) is 10.8. The molecule has 2 aromatic heterocycles. The molecule has 10 heteroatoms. The van der Waals surface area contributed by atoms with Crippen LogP contribution in [0.3, 0.4) is 0 Å². The minimum Gasteiger partial charge on any atom is -0.679 e. The van der Waals surface area contributed by atoms with E-state index in [2.05, 4.69) is 27.4 Å². The molecule has 3 aliphatic rings. The molecule has 2 aliphatic carbocycles. The van der Waals surface area contributed by atoms with E-state index in [1.165, 1.54) is 6.92 Å².